The number of halogens is 3. The van der Waals surface area contributed by atoms with E-state index >= 15 is 0 Å². The van der Waals surface area contributed by atoms with Crippen LogP contribution < -0.4 is 15.4 Å². The van der Waals surface area contributed by atoms with Crippen LogP contribution in [0.15, 0.2) is 47.1 Å². The van der Waals surface area contributed by atoms with Gasteiger partial charge in [-0.1, -0.05) is 0 Å². The first-order chi connectivity index (χ1) is 15.4. The van der Waals surface area contributed by atoms with E-state index in [2.05, 4.69) is 31.7 Å². The van der Waals surface area contributed by atoms with Crippen molar-refractivity contribution >= 4 is 27.5 Å². The molecule has 1 aromatic heterocycles. The zero-order chi connectivity index (χ0) is 22.7. The minimum absolute atomic E-state index is 0.237. The van der Waals surface area contributed by atoms with Gasteiger partial charge in [-0.25, -0.2) is 8.78 Å². The molecule has 2 N–H and O–H groups in total. The van der Waals surface area contributed by atoms with Crippen LogP contribution in [0.3, 0.4) is 0 Å². The largest absolute Gasteiger partial charge is 0.493 e. The second-order valence-corrected chi connectivity index (χ2v) is 8.54. The molecule has 1 amide bonds. The van der Waals surface area contributed by atoms with Crippen LogP contribution in [0.2, 0.25) is 0 Å². The summed E-state index contributed by atoms with van der Waals surface area (Å²) in [7, 11) is 1.81. The van der Waals surface area contributed by atoms with Gasteiger partial charge in [0.2, 0.25) is 0 Å². The number of hydrogen-bond acceptors (Lipinski definition) is 4. The standard InChI is InChI=1S/C23H23BrF2N4O2/c1-30-22(19(24)13-28-30)18-12-16(29-23(31)17-6-4-14(25)11-20(17)26)5-7-21(18)32-10-8-15-3-2-9-27-15/h4-7,11-13,15,27H,2-3,8-10H2,1H3,(H,29,31). The number of hydrogen-bond donors (Lipinski definition) is 2. The molecule has 1 fully saturated rings. The summed E-state index contributed by atoms with van der Waals surface area (Å²) in [5.41, 5.74) is 1.72. The summed E-state index contributed by atoms with van der Waals surface area (Å²) >= 11 is 3.52. The average Bonchev–Trinajstić information content (AvgIpc) is 3.38. The van der Waals surface area contributed by atoms with Crippen LogP contribution in [0.25, 0.3) is 11.3 Å². The lowest BCUT2D eigenvalue weighted by molar-refractivity contribution is 0.102. The van der Waals surface area contributed by atoms with Gasteiger partial charge in [0.15, 0.2) is 0 Å². The van der Waals surface area contributed by atoms with E-state index in [1.165, 1.54) is 6.42 Å². The van der Waals surface area contributed by atoms with Crippen LogP contribution in [-0.4, -0.2) is 34.9 Å². The summed E-state index contributed by atoms with van der Waals surface area (Å²) in [5, 5.41) is 10.4. The fourth-order valence-electron chi connectivity index (χ4n) is 3.82. The number of aromatic nitrogens is 2. The van der Waals surface area contributed by atoms with Gasteiger partial charge in [-0.05, 0) is 72.1 Å². The Morgan fingerprint density at radius 2 is 2.16 bits per heavy atom. The minimum Gasteiger partial charge on any atom is -0.493 e. The van der Waals surface area contributed by atoms with E-state index in [1.54, 1.807) is 29.1 Å². The predicted octanol–water partition coefficient (Wildman–Crippen LogP) is 4.90. The quantitative estimate of drug-likeness (QED) is 0.480. The Bertz CT molecular complexity index is 1110. The van der Waals surface area contributed by atoms with Gasteiger partial charge >= 0.3 is 0 Å². The van der Waals surface area contributed by atoms with Crippen molar-refractivity contribution in [3.8, 4) is 17.0 Å². The number of benzene rings is 2. The first-order valence-electron chi connectivity index (χ1n) is 10.4. The molecule has 0 spiro atoms. The fourth-order valence-corrected chi connectivity index (χ4v) is 4.38. The first kappa shape index (κ1) is 22.4. The Balaban J connectivity index is 1.58. The topological polar surface area (TPSA) is 68.2 Å². The normalized spacial score (nSPS) is 15.7. The van der Waals surface area contributed by atoms with Crippen LogP contribution in [0.4, 0.5) is 14.5 Å². The Morgan fingerprint density at radius 3 is 2.84 bits per heavy atom. The molecule has 1 saturated heterocycles. The van der Waals surface area contributed by atoms with Crippen molar-refractivity contribution < 1.29 is 18.3 Å². The highest BCUT2D eigenvalue weighted by Gasteiger charge is 2.19. The molecular formula is C23H23BrF2N4O2. The van der Waals surface area contributed by atoms with Gasteiger partial charge in [-0.3, -0.25) is 9.48 Å². The van der Waals surface area contributed by atoms with E-state index < -0.39 is 17.5 Å². The van der Waals surface area contributed by atoms with Gasteiger partial charge in [0, 0.05) is 30.4 Å². The van der Waals surface area contributed by atoms with Gasteiger partial charge in [-0.15, -0.1) is 0 Å². The van der Waals surface area contributed by atoms with E-state index in [0.29, 0.717) is 30.2 Å². The van der Waals surface area contributed by atoms with E-state index in [9.17, 15) is 13.6 Å². The highest BCUT2D eigenvalue weighted by Crippen LogP contribution is 2.37. The number of nitrogens with zero attached hydrogens (tertiary/aromatic N) is 2. The summed E-state index contributed by atoms with van der Waals surface area (Å²) < 4.78 is 35.7. The number of ether oxygens (including phenoxy) is 1. The van der Waals surface area contributed by atoms with Crippen molar-refractivity contribution in [3.63, 3.8) is 0 Å². The number of aryl methyl sites for hydroxylation is 1. The molecular weight excluding hydrogens is 482 g/mol. The molecule has 0 saturated carbocycles. The summed E-state index contributed by atoms with van der Waals surface area (Å²) in [5.74, 6) is -1.67. The molecule has 2 aromatic carbocycles. The minimum atomic E-state index is -0.919. The number of amides is 1. The Hall–Kier alpha value is -2.78. The number of carbonyl (C=O) groups excluding carboxylic acids is 1. The SMILES string of the molecule is Cn1ncc(Br)c1-c1cc(NC(=O)c2ccc(F)cc2F)ccc1OCCC1CCCN1. The van der Waals surface area contributed by atoms with Crippen molar-refractivity contribution in [2.75, 3.05) is 18.5 Å². The lowest BCUT2D eigenvalue weighted by Gasteiger charge is -2.16. The second-order valence-electron chi connectivity index (χ2n) is 7.68. The maximum atomic E-state index is 14.0. The Labute approximate surface area is 193 Å². The van der Waals surface area contributed by atoms with E-state index in [-0.39, 0.29) is 5.56 Å². The summed E-state index contributed by atoms with van der Waals surface area (Å²) in [6.07, 6.45) is 4.91. The molecule has 32 heavy (non-hydrogen) atoms. The smallest absolute Gasteiger partial charge is 0.258 e. The van der Waals surface area contributed by atoms with Crippen LogP contribution in [-0.2, 0) is 7.05 Å². The third-order valence-electron chi connectivity index (χ3n) is 5.45. The number of anilines is 1. The van der Waals surface area contributed by atoms with Crippen molar-refractivity contribution in [2.24, 2.45) is 7.05 Å². The van der Waals surface area contributed by atoms with E-state index in [1.807, 2.05) is 7.05 Å². The van der Waals surface area contributed by atoms with Crippen molar-refractivity contribution in [1.82, 2.24) is 15.1 Å². The van der Waals surface area contributed by atoms with Crippen LogP contribution in [0.1, 0.15) is 29.6 Å². The average molecular weight is 505 g/mol. The van der Waals surface area contributed by atoms with Crippen molar-refractivity contribution in [2.45, 2.75) is 25.3 Å². The molecule has 0 aliphatic carbocycles. The van der Waals surface area contributed by atoms with Crippen LogP contribution >= 0.6 is 15.9 Å². The van der Waals surface area contributed by atoms with E-state index in [4.69, 9.17) is 4.74 Å². The van der Waals surface area contributed by atoms with Gasteiger partial charge in [0.25, 0.3) is 5.91 Å². The Kier molecular flexibility index (Phi) is 6.86. The molecule has 0 bridgehead atoms. The molecule has 1 atom stereocenters. The Morgan fingerprint density at radius 1 is 1.31 bits per heavy atom. The molecule has 3 aromatic rings. The monoisotopic (exact) mass is 504 g/mol. The third kappa shape index (κ3) is 4.99. The third-order valence-corrected chi connectivity index (χ3v) is 6.03. The zero-order valence-corrected chi connectivity index (χ0v) is 19.1. The molecule has 9 heteroatoms. The van der Waals surface area contributed by atoms with Crippen LogP contribution in [0.5, 0.6) is 5.75 Å². The van der Waals surface area contributed by atoms with Gasteiger partial charge in [-0.2, -0.15) is 5.10 Å². The molecule has 0 radical (unpaired) electrons. The van der Waals surface area contributed by atoms with Crippen molar-refractivity contribution in [3.05, 3.63) is 64.3 Å². The predicted molar refractivity (Wildman–Crippen MR) is 122 cm³/mol. The zero-order valence-electron chi connectivity index (χ0n) is 17.5. The summed E-state index contributed by atoms with van der Waals surface area (Å²) in [6, 6.07) is 8.53. The first-order valence-corrected chi connectivity index (χ1v) is 11.2. The van der Waals surface area contributed by atoms with E-state index in [0.717, 1.165) is 47.2 Å². The lowest BCUT2D eigenvalue weighted by atomic mass is 10.1. The molecule has 4 rings (SSSR count). The highest BCUT2D eigenvalue weighted by atomic mass is 79.9. The molecule has 1 unspecified atom stereocenters. The number of carbonyl (C=O) groups is 1. The van der Waals surface area contributed by atoms with Gasteiger partial charge in [0.05, 0.1) is 28.5 Å². The van der Waals surface area contributed by atoms with Gasteiger partial charge in [0.1, 0.15) is 17.4 Å². The fraction of sp³-hybridized carbons (Fsp3) is 0.304. The molecule has 1 aliphatic rings. The van der Waals surface area contributed by atoms with Crippen LogP contribution in [0, 0.1) is 11.6 Å². The maximum absolute atomic E-state index is 14.0. The molecule has 1 aliphatic heterocycles. The summed E-state index contributed by atoms with van der Waals surface area (Å²) in [4.78, 5) is 12.5. The highest BCUT2D eigenvalue weighted by molar-refractivity contribution is 9.10. The second kappa shape index (κ2) is 9.79. The molecule has 6 nitrogen and oxygen atoms in total. The molecule has 2 heterocycles. The summed E-state index contributed by atoms with van der Waals surface area (Å²) in [6.45, 7) is 1.59. The lowest BCUT2D eigenvalue weighted by Crippen LogP contribution is -2.23. The van der Waals surface area contributed by atoms with Crippen molar-refractivity contribution in [1.29, 1.82) is 0 Å². The number of nitrogens with one attached hydrogen (secondary N) is 2. The number of rotatable bonds is 7. The maximum Gasteiger partial charge on any atom is 0.258 e. The van der Waals surface area contributed by atoms with Gasteiger partial charge < -0.3 is 15.4 Å². The molecule has 168 valence electrons.